The van der Waals surface area contributed by atoms with Crippen LogP contribution in [0.15, 0.2) is 36.5 Å². The van der Waals surface area contributed by atoms with Crippen LogP contribution in [-0.2, 0) is 13.0 Å². The zero-order valence-corrected chi connectivity index (χ0v) is 11.4. The van der Waals surface area contributed by atoms with Gasteiger partial charge in [-0.05, 0) is 43.5 Å². The Morgan fingerprint density at radius 1 is 1.26 bits per heavy atom. The number of aliphatic hydroxyl groups is 1. The summed E-state index contributed by atoms with van der Waals surface area (Å²) in [5, 5.41) is 14.4. The van der Waals surface area contributed by atoms with Crippen molar-refractivity contribution in [3.8, 4) is 5.75 Å². The molecule has 0 aliphatic rings. The molecule has 0 bridgehead atoms. The number of aliphatic hydroxyl groups excluding tert-OH is 1. The van der Waals surface area contributed by atoms with Gasteiger partial charge in [0.1, 0.15) is 5.75 Å². The van der Waals surface area contributed by atoms with Gasteiger partial charge in [-0.15, -0.1) is 0 Å². The minimum Gasteiger partial charge on any atom is -0.497 e. The maximum Gasteiger partial charge on any atom is 0.118 e. The highest BCUT2D eigenvalue weighted by molar-refractivity contribution is 5.27. The fraction of sp³-hybridized carbons (Fsp3) is 0.400. The highest BCUT2D eigenvalue weighted by Gasteiger charge is 2.12. The Kier molecular flexibility index (Phi) is 4.58. The van der Waals surface area contributed by atoms with Crippen molar-refractivity contribution in [3.05, 3.63) is 47.8 Å². The molecule has 1 heterocycles. The van der Waals surface area contributed by atoms with Crippen LogP contribution in [0.3, 0.4) is 0 Å². The number of methoxy groups -OCH3 is 1. The Bertz CT molecular complexity index is 505. The Hall–Kier alpha value is -1.81. The Balaban J connectivity index is 1.94. The van der Waals surface area contributed by atoms with Crippen LogP contribution in [0.25, 0.3) is 0 Å². The molecule has 1 aromatic heterocycles. The lowest BCUT2D eigenvalue weighted by Gasteiger charge is -2.12. The number of hydrogen-bond acceptors (Lipinski definition) is 3. The van der Waals surface area contributed by atoms with Crippen LogP contribution in [0.5, 0.6) is 5.75 Å². The smallest absolute Gasteiger partial charge is 0.118 e. The maximum absolute atomic E-state index is 10.2. The van der Waals surface area contributed by atoms with Gasteiger partial charge >= 0.3 is 0 Å². The summed E-state index contributed by atoms with van der Waals surface area (Å²) in [6.07, 6.45) is 2.79. The molecule has 0 radical (unpaired) electrons. The third-order valence-corrected chi connectivity index (χ3v) is 3.26. The largest absolute Gasteiger partial charge is 0.497 e. The van der Waals surface area contributed by atoms with E-state index < -0.39 is 6.10 Å². The molecule has 0 aliphatic heterocycles. The summed E-state index contributed by atoms with van der Waals surface area (Å²) in [4.78, 5) is 0. The standard InChI is InChI=1S/C15H20N2O2/c1-3-17-14(10-11-16-17)15(18)9-6-12-4-7-13(19-2)8-5-12/h4-5,7-8,10-11,15,18H,3,6,9H2,1-2H3. The molecule has 0 saturated carbocycles. The van der Waals surface area contributed by atoms with Gasteiger partial charge in [0.2, 0.25) is 0 Å². The number of benzene rings is 1. The first-order valence-electron chi connectivity index (χ1n) is 6.57. The molecule has 0 spiro atoms. The SMILES string of the molecule is CCn1nccc1C(O)CCc1ccc(OC)cc1. The predicted octanol–water partition coefficient (Wildman–Crippen LogP) is 2.58. The van der Waals surface area contributed by atoms with Crippen LogP contribution in [0.4, 0.5) is 0 Å². The highest BCUT2D eigenvalue weighted by atomic mass is 16.5. The van der Waals surface area contributed by atoms with E-state index in [1.54, 1.807) is 13.3 Å². The Labute approximate surface area is 113 Å². The number of hydrogen-bond donors (Lipinski definition) is 1. The second-order valence-electron chi connectivity index (χ2n) is 4.47. The van der Waals surface area contributed by atoms with Crippen molar-refractivity contribution in [2.45, 2.75) is 32.4 Å². The van der Waals surface area contributed by atoms with Crippen molar-refractivity contribution in [2.75, 3.05) is 7.11 Å². The minimum absolute atomic E-state index is 0.468. The first kappa shape index (κ1) is 13.6. The summed E-state index contributed by atoms with van der Waals surface area (Å²) in [6, 6.07) is 9.82. The van der Waals surface area contributed by atoms with Crippen molar-refractivity contribution < 1.29 is 9.84 Å². The minimum atomic E-state index is -0.468. The van der Waals surface area contributed by atoms with Gasteiger partial charge in [-0.1, -0.05) is 12.1 Å². The van der Waals surface area contributed by atoms with Gasteiger partial charge < -0.3 is 9.84 Å². The Morgan fingerprint density at radius 2 is 2.00 bits per heavy atom. The van der Waals surface area contributed by atoms with E-state index in [4.69, 9.17) is 4.74 Å². The molecule has 0 aliphatic carbocycles. The normalized spacial score (nSPS) is 12.4. The summed E-state index contributed by atoms with van der Waals surface area (Å²) < 4.78 is 6.96. The van der Waals surface area contributed by atoms with E-state index in [0.29, 0.717) is 6.42 Å². The Morgan fingerprint density at radius 3 is 2.63 bits per heavy atom. The van der Waals surface area contributed by atoms with Gasteiger partial charge in [-0.2, -0.15) is 5.10 Å². The lowest BCUT2D eigenvalue weighted by atomic mass is 10.0. The van der Waals surface area contributed by atoms with Crippen molar-refractivity contribution >= 4 is 0 Å². The molecule has 0 fully saturated rings. The van der Waals surface area contributed by atoms with Crippen molar-refractivity contribution in [3.63, 3.8) is 0 Å². The fourth-order valence-electron chi connectivity index (χ4n) is 2.13. The van der Waals surface area contributed by atoms with E-state index in [-0.39, 0.29) is 0 Å². The molecule has 2 aromatic rings. The molecule has 1 unspecified atom stereocenters. The highest BCUT2D eigenvalue weighted by Crippen LogP contribution is 2.20. The summed E-state index contributed by atoms with van der Waals surface area (Å²) in [5.74, 6) is 0.855. The van der Waals surface area contributed by atoms with Crippen molar-refractivity contribution in [2.24, 2.45) is 0 Å². The molecular weight excluding hydrogens is 240 g/mol. The lowest BCUT2D eigenvalue weighted by Crippen LogP contribution is -2.08. The van der Waals surface area contributed by atoms with E-state index in [9.17, 15) is 5.11 Å². The van der Waals surface area contributed by atoms with E-state index in [2.05, 4.69) is 5.10 Å². The number of rotatable bonds is 6. The molecule has 4 heteroatoms. The van der Waals surface area contributed by atoms with Gasteiger partial charge in [0, 0.05) is 12.7 Å². The van der Waals surface area contributed by atoms with Crippen LogP contribution < -0.4 is 4.74 Å². The second-order valence-corrected chi connectivity index (χ2v) is 4.47. The molecule has 1 aromatic carbocycles. The van der Waals surface area contributed by atoms with E-state index in [0.717, 1.165) is 24.4 Å². The topological polar surface area (TPSA) is 47.3 Å². The quantitative estimate of drug-likeness (QED) is 0.868. The van der Waals surface area contributed by atoms with Crippen LogP contribution in [-0.4, -0.2) is 22.0 Å². The summed E-state index contributed by atoms with van der Waals surface area (Å²) in [6.45, 7) is 2.80. The number of ether oxygens (including phenoxy) is 1. The molecular formula is C15H20N2O2. The van der Waals surface area contributed by atoms with Crippen molar-refractivity contribution in [1.82, 2.24) is 9.78 Å². The molecule has 2 rings (SSSR count). The predicted molar refractivity (Wildman–Crippen MR) is 74.2 cm³/mol. The average molecular weight is 260 g/mol. The van der Waals surface area contributed by atoms with Gasteiger partial charge in [-0.3, -0.25) is 4.68 Å². The zero-order chi connectivity index (χ0) is 13.7. The van der Waals surface area contributed by atoms with E-state index in [1.807, 2.05) is 41.9 Å². The molecule has 102 valence electrons. The lowest BCUT2D eigenvalue weighted by molar-refractivity contribution is 0.157. The van der Waals surface area contributed by atoms with Gasteiger partial charge in [0.15, 0.2) is 0 Å². The monoisotopic (exact) mass is 260 g/mol. The van der Waals surface area contributed by atoms with Crippen LogP contribution in [0.1, 0.15) is 30.7 Å². The van der Waals surface area contributed by atoms with Gasteiger partial charge in [0.25, 0.3) is 0 Å². The third kappa shape index (κ3) is 3.35. The summed E-state index contributed by atoms with van der Waals surface area (Å²) in [7, 11) is 1.66. The van der Waals surface area contributed by atoms with E-state index >= 15 is 0 Å². The number of aromatic nitrogens is 2. The van der Waals surface area contributed by atoms with Crippen molar-refractivity contribution in [1.29, 1.82) is 0 Å². The van der Waals surface area contributed by atoms with Gasteiger partial charge in [-0.25, -0.2) is 0 Å². The second kappa shape index (κ2) is 6.38. The molecule has 0 saturated heterocycles. The average Bonchev–Trinajstić information content (AvgIpc) is 2.93. The van der Waals surface area contributed by atoms with Crippen LogP contribution >= 0.6 is 0 Å². The molecule has 0 amide bonds. The number of aryl methyl sites for hydroxylation is 2. The van der Waals surface area contributed by atoms with Crippen LogP contribution in [0, 0.1) is 0 Å². The maximum atomic E-state index is 10.2. The zero-order valence-electron chi connectivity index (χ0n) is 11.4. The molecule has 1 N–H and O–H groups in total. The molecule has 1 atom stereocenters. The molecule has 19 heavy (non-hydrogen) atoms. The molecule has 4 nitrogen and oxygen atoms in total. The first-order valence-corrected chi connectivity index (χ1v) is 6.57. The third-order valence-electron chi connectivity index (χ3n) is 3.26. The summed E-state index contributed by atoms with van der Waals surface area (Å²) in [5.41, 5.74) is 2.08. The van der Waals surface area contributed by atoms with Gasteiger partial charge in [0.05, 0.1) is 18.9 Å². The fourth-order valence-corrected chi connectivity index (χ4v) is 2.13. The van der Waals surface area contributed by atoms with E-state index in [1.165, 1.54) is 5.56 Å². The first-order chi connectivity index (χ1) is 9.24. The van der Waals surface area contributed by atoms with Crippen LogP contribution in [0.2, 0.25) is 0 Å². The number of nitrogens with zero attached hydrogens (tertiary/aromatic N) is 2. The summed E-state index contributed by atoms with van der Waals surface area (Å²) >= 11 is 0.